The molecular weight excluding hydrogens is 379 g/mol. The molecule has 0 unspecified atom stereocenters. The summed E-state index contributed by atoms with van der Waals surface area (Å²) in [7, 11) is 1.48. The number of anilines is 3. The van der Waals surface area contributed by atoms with E-state index >= 15 is 0 Å². The van der Waals surface area contributed by atoms with Gasteiger partial charge in [0.25, 0.3) is 0 Å². The molecule has 0 aliphatic rings. The van der Waals surface area contributed by atoms with Gasteiger partial charge in [-0.1, -0.05) is 13.8 Å². The summed E-state index contributed by atoms with van der Waals surface area (Å²) in [5.41, 5.74) is 0.571. The van der Waals surface area contributed by atoms with Crippen molar-refractivity contribution in [3.05, 3.63) is 35.8 Å². The van der Waals surface area contributed by atoms with E-state index in [1.54, 1.807) is 19.1 Å². The summed E-state index contributed by atoms with van der Waals surface area (Å²) in [5, 5.41) is 26.6. The fourth-order valence-electron chi connectivity index (χ4n) is 2.82. The van der Waals surface area contributed by atoms with Gasteiger partial charge in [-0.3, -0.25) is 0 Å². The fraction of sp³-hybridized carbons (Fsp3) is 0.368. The zero-order chi connectivity index (χ0) is 21.6. The lowest BCUT2D eigenvalue weighted by Crippen LogP contribution is -2.47. The smallest absolute Gasteiger partial charge is 0.404 e. The number of nitrogens with zero attached hydrogens (tertiary/aromatic N) is 3. The topological polar surface area (TPSA) is 132 Å². The first-order valence-corrected chi connectivity index (χ1v) is 8.88. The van der Waals surface area contributed by atoms with Gasteiger partial charge in [0.15, 0.2) is 17.5 Å². The largest absolute Gasteiger partial charge is 0.481 e. The summed E-state index contributed by atoms with van der Waals surface area (Å²) < 4.78 is 19.6. The Labute approximate surface area is 167 Å². The van der Waals surface area contributed by atoms with E-state index in [1.165, 1.54) is 13.3 Å². The number of methoxy groups -OCH3 is 1. The zero-order valence-corrected chi connectivity index (χ0v) is 16.5. The second kappa shape index (κ2) is 9.54. The number of amides is 1. The van der Waals surface area contributed by atoms with Gasteiger partial charge in [-0.05, 0) is 25.0 Å². The lowest BCUT2D eigenvalue weighted by atomic mass is 9.97. The standard InChI is InChI=1S/C19H23FN6O3/c1-10(2)16(11(3)23-19(27)28)25-18-14(20)7-12(9-21)17(26-18)24-13-5-6-22-15(8-13)29-4/h5-8,10-11,16,23H,1-4H3,(H,27,28)(H2,22,24,25,26)/t11-,16-/m0/s1. The molecule has 0 aliphatic carbocycles. The Bertz CT molecular complexity index is 915. The summed E-state index contributed by atoms with van der Waals surface area (Å²) >= 11 is 0. The Morgan fingerprint density at radius 2 is 2.03 bits per heavy atom. The second-order valence-electron chi connectivity index (χ2n) is 6.69. The van der Waals surface area contributed by atoms with Gasteiger partial charge in [-0.25, -0.2) is 19.2 Å². The van der Waals surface area contributed by atoms with Crippen molar-refractivity contribution in [2.75, 3.05) is 17.7 Å². The third-order valence-corrected chi connectivity index (χ3v) is 4.21. The van der Waals surface area contributed by atoms with Crippen molar-refractivity contribution in [3.63, 3.8) is 0 Å². The molecule has 2 heterocycles. The summed E-state index contributed by atoms with van der Waals surface area (Å²) in [4.78, 5) is 19.2. The SMILES string of the molecule is COc1cc(Nc2nc(N[C@@H](C(C)C)[C@H](C)NC(=O)O)c(F)cc2C#N)ccn1. The molecular formula is C19H23FN6O3. The molecule has 10 heteroatoms. The highest BCUT2D eigenvalue weighted by Gasteiger charge is 2.24. The monoisotopic (exact) mass is 402 g/mol. The number of carboxylic acid groups (broad SMARTS) is 1. The number of hydrogen-bond acceptors (Lipinski definition) is 7. The van der Waals surface area contributed by atoms with E-state index in [1.807, 2.05) is 19.9 Å². The molecule has 2 rings (SSSR count). The average Bonchev–Trinajstić information content (AvgIpc) is 2.67. The van der Waals surface area contributed by atoms with E-state index in [2.05, 4.69) is 25.9 Å². The maximum absolute atomic E-state index is 14.6. The van der Waals surface area contributed by atoms with Crippen LogP contribution in [-0.4, -0.2) is 40.4 Å². The molecule has 0 fully saturated rings. The number of rotatable bonds is 8. The van der Waals surface area contributed by atoms with Crippen LogP contribution in [0.4, 0.5) is 26.5 Å². The maximum Gasteiger partial charge on any atom is 0.404 e. The van der Waals surface area contributed by atoms with Crippen LogP contribution in [0.3, 0.4) is 0 Å². The average molecular weight is 402 g/mol. The van der Waals surface area contributed by atoms with E-state index in [-0.39, 0.29) is 23.1 Å². The third-order valence-electron chi connectivity index (χ3n) is 4.21. The number of hydrogen-bond donors (Lipinski definition) is 4. The van der Waals surface area contributed by atoms with Crippen LogP contribution in [-0.2, 0) is 0 Å². The molecule has 0 aliphatic heterocycles. The fourth-order valence-corrected chi connectivity index (χ4v) is 2.82. The molecule has 1 amide bonds. The Morgan fingerprint density at radius 1 is 1.31 bits per heavy atom. The van der Waals surface area contributed by atoms with E-state index in [4.69, 9.17) is 9.84 Å². The van der Waals surface area contributed by atoms with Gasteiger partial charge in [0.05, 0.1) is 12.7 Å². The molecule has 4 N–H and O–H groups in total. The minimum absolute atomic E-state index is 0.0154. The van der Waals surface area contributed by atoms with Gasteiger partial charge in [0.2, 0.25) is 5.88 Å². The third kappa shape index (κ3) is 5.68. The van der Waals surface area contributed by atoms with Gasteiger partial charge >= 0.3 is 6.09 Å². The van der Waals surface area contributed by atoms with E-state index in [9.17, 15) is 14.4 Å². The summed E-state index contributed by atoms with van der Waals surface area (Å²) in [6.45, 7) is 5.43. The molecule has 0 spiro atoms. The number of carbonyl (C=O) groups is 1. The van der Waals surface area contributed by atoms with Crippen molar-refractivity contribution >= 4 is 23.4 Å². The quantitative estimate of drug-likeness (QED) is 0.529. The molecule has 2 atom stereocenters. The first-order valence-electron chi connectivity index (χ1n) is 8.88. The summed E-state index contributed by atoms with van der Waals surface area (Å²) in [5.74, 6) is -0.333. The van der Waals surface area contributed by atoms with Gasteiger partial charge in [0, 0.05) is 30.0 Å². The Morgan fingerprint density at radius 3 is 2.62 bits per heavy atom. The molecule has 0 bridgehead atoms. The predicted molar refractivity (Wildman–Crippen MR) is 106 cm³/mol. The molecule has 2 aromatic rings. The lowest BCUT2D eigenvalue weighted by molar-refractivity contribution is 0.188. The molecule has 154 valence electrons. The first kappa shape index (κ1) is 21.7. The van der Waals surface area contributed by atoms with Crippen LogP contribution in [0.15, 0.2) is 24.4 Å². The number of halogens is 1. The Kier molecular flexibility index (Phi) is 7.14. The highest BCUT2D eigenvalue weighted by atomic mass is 19.1. The number of pyridine rings is 2. The van der Waals surface area contributed by atoms with Crippen molar-refractivity contribution < 1.29 is 19.0 Å². The summed E-state index contributed by atoms with van der Waals surface area (Å²) in [6, 6.07) is 5.29. The van der Waals surface area contributed by atoms with Gasteiger partial charge in [0.1, 0.15) is 6.07 Å². The van der Waals surface area contributed by atoms with Crippen molar-refractivity contribution in [1.82, 2.24) is 15.3 Å². The van der Waals surface area contributed by atoms with Crippen LogP contribution in [0.5, 0.6) is 5.88 Å². The number of nitrogens with one attached hydrogen (secondary N) is 3. The van der Waals surface area contributed by atoms with E-state index in [0.717, 1.165) is 6.07 Å². The van der Waals surface area contributed by atoms with E-state index < -0.39 is 24.0 Å². The maximum atomic E-state index is 14.6. The Hall–Kier alpha value is -3.61. The van der Waals surface area contributed by atoms with E-state index in [0.29, 0.717) is 11.6 Å². The normalized spacial score (nSPS) is 12.6. The lowest BCUT2D eigenvalue weighted by Gasteiger charge is -2.29. The van der Waals surface area contributed by atoms with Crippen molar-refractivity contribution in [1.29, 1.82) is 5.26 Å². The van der Waals surface area contributed by atoms with Crippen molar-refractivity contribution in [2.24, 2.45) is 5.92 Å². The highest BCUT2D eigenvalue weighted by Crippen LogP contribution is 2.26. The van der Waals surface area contributed by atoms with Gasteiger partial charge in [-0.2, -0.15) is 5.26 Å². The Balaban J connectivity index is 2.36. The molecule has 0 saturated heterocycles. The van der Waals surface area contributed by atoms with Crippen LogP contribution in [0.25, 0.3) is 0 Å². The van der Waals surface area contributed by atoms with Crippen LogP contribution in [0, 0.1) is 23.1 Å². The highest BCUT2D eigenvalue weighted by molar-refractivity contribution is 5.66. The first-order chi connectivity index (χ1) is 13.7. The summed E-state index contributed by atoms with van der Waals surface area (Å²) in [6.07, 6.45) is 0.344. The minimum Gasteiger partial charge on any atom is -0.481 e. The zero-order valence-electron chi connectivity index (χ0n) is 16.5. The number of nitriles is 1. The van der Waals surface area contributed by atoms with Crippen LogP contribution in [0.2, 0.25) is 0 Å². The molecule has 2 aromatic heterocycles. The number of aromatic nitrogens is 2. The molecule has 0 aromatic carbocycles. The van der Waals surface area contributed by atoms with Gasteiger partial charge in [-0.15, -0.1) is 0 Å². The minimum atomic E-state index is -1.17. The molecule has 0 radical (unpaired) electrons. The van der Waals surface area contributed by atoms with Crippen LogP contribution < -0.4 is 20.7 Å². The molecule has 29 heavy (non-hydrogen) atoms. The van der Waals surface area contributed by atoms with Crippen LogP contribution >= 0.6 is 0 Å². The predicted octanol–water partition coefficient (Wildman–Crippen LogP) is 3.33. The van der Waals surface area contributed by atoms with Gasteiger partial charge < -0.3 is 25.8 Å². The second-order valence-corrected chi connectivity index (χ2v) is 6.69. The number of ether oxygens (including phenoxy) is 1. The molecule has 0 saturated carbocycles. The van der Waals surface area contributed by atoms with Crippen LogP contribution in [0.1, 0.15) is 26.3 Å². The van der Waals surface area contributed by atoms with Crippen molar-refractivity contribution in [3.8, 4) is 11.9 Å². The van der Waals surface area contributed by atoms with Crippen molar-refractivity contribution in [2.45, 2.75) is 32.9 Å². The molecule has 9 nitrogen and oxygen atoms in total.